The summed E-state index contributed by atoms with van der Waals surface area (Å²) in [5.74, 6) is -0.739. The molecule has 1 aliphatic heterocycles. The second-order valence-electron chi connectivity index (χ2n) is 5.67. The first-order valence-electron chi connectivity index (χ1n) is 7.33. The van der Waals surface area contributed by atoms with Gasteiger partial charge >= 0.3 is 0 Å². The quantitative estimate of drug-likeness (QED) is 0.818. The number of rotatable bonds is 3. The molecule has 0 atom stereocenters. The van der Waals surface area contributed by atoms with Gasteiger partial charge in [0.25, 0.3) is 11.8 Å². The summed E-state index contributed by atoms with van der Waals surface area (Å²) < 4.78 is 18.2. The minimum atomic E-state index is -0.431. The zero-order valence-corrected chi connectivity index (χ0v) is 12.4. The fourth-order valence-corrected chi connectivity index (χ4v) is 2.84. The van der Waals surface area contributed by atoms with Gasteiger partial charge in [-0.15, -0.1) is 0 Å². The van der Waals surface area contributed by atoms with E-state index in [1.54, 1.807) is 0 Å². The molecule has 0 N–H and O–H groups in total. The van der Waals surface area contributed by atoms with Crippen LogP contribution in [0.4, 0.5) is 10.1 Å². The maximum Gasteiger partial charge on any atom is 0.268 e. The van der Waals surface area contributed by atoms with Gasteiger partial charge in [0.15, 0.2) is 0 Å². The third-order valence-corrected chi connectivity index (χ3v) is 4.13. The number of anilines is 1. The number of aromatic nitrogens is 1. The van der Waals surface area contributed by atoms with Crippen LogP contribution in [0, 0.1) is 5.82 Å². The van der Waals surface area contributed by atoms with Gasteiger partial charge in [0, 0.05) is 12.0 Å². The number of halogens is 1. The zero-order chi connectivity index (χ0) is 16.1. The molecule has 0 bridgehead atoms. The van der Waals surface area contributed by atoms with Crippen LogP contribution in [-0.4, -0.2) is 23.9 Å². The number of carbonyl (C=O) groups excluding carboxylic acids is 2. The predicted molar refractivity (Wildman–Crippen MR) is 80.3 cm³/mol. The first-order valence-corrected chi connectivity index (χ1v) is 7.33. The van der Waals surface area contributed by atoms with Gasteiger partial charge in [-0.2, -0.15) is 0 Å². The molecule has 0 unspecified atom stereocenters. The average Bonchev–Trinajstić information content (AvgIpc) is 3.36. The summed E-state index contributed by atoms with van der Waals surface area (Å²) in [5, 5.41) is 0. The Hall–Kier alpha value is -2.76. The Morgan fingerprint density at radius 1 is 1.17 bits per heavy atom. The molecule has 2 aliphatic rings. The van der Waals surface area contributed by atoms with Crippen LogP contribution in [0.3, 0.4) is 0 Å². The van der Waals surface area contributed by atoms with E-state index in [-0.39, 0.29) is 5.92 Å². The Morgan fingerprint density at radius 2 is 1.87 bits per heavy atom. The number of amides is 2. The van der Waals surface area contributed by atoms with Crippen molar-refractivity contribution in [3.05, 3.63) is 53.0 Å². The molecule has 2 aromatic rings. The highest BCUT2D eigenvalue weighted by Crippen LogP contribution is 2.44. The van der Waals surface area contributed by atoms with Crippen LogP contribution in [-0.2, 0) is 0 Å². The van der Waals surface area contributed by atoms with Crippen molar-refractivity contribution in [1.29, 1.82) is 0 Å². The summed E-state index contributed by atoms with van der Waals surface area (Å²) in [6, 6.07) is 6.76. The van der Waals surface area contributed by atoms with Gasteiger partial charge in [-0.1, -0.05) is 0 Å². The largest absolute Gasteiger partial charge is 0.481 e. The molecule has 6 heteroatoms. The van der Waals surface area contributed by atoms with E-state index in [0.717, 1.165) is 17.7 Å². The standard InChI is InChI=1S/C17H13FN2O3/c1-23-13-8-12-14(15(19-13)9-2-3-9)17(22)20(16(12)21)11-6-4-10(18)5-7-11/h4-9H,2-3H2,1H3. The van der Waals surface area contributed by atoms with Crippen molar-refractivity contribution in [1.82, 2.24) is 4.98 Å². The summed E-state index contributed by atoms with van der Waals surface area (Å²) in [5.41, 5.74) is 1.62. The number of ether oxygens (including phenoxy) is 1. The van der Waals surface area contributed by atoms with Crippen LogP contribution in [0.1, 0.15) is 45.2 Å². The summed E-state index contributed by atoms with van der Waals surface area (Å²) in [6.07, 6.45) is 1.90. The molecule has 1 aromatic heterocycles. The number of nitrogens with zero attached hydrogens (tertiary/aromatic N) is 2. The van der Waals surface area contributed by atoms with Crippen LogP contribution in [0.15, 0.2) is 30.3 Å². The van der Waals surface area contributed by atoms with Gasteiger partial charge in [-0.3, -0.25) is 9.59 Å². The molecule has 0 spiro atoms. The average molecular weight is 312 g/mol. The van der Waals surface area contributed by atoms with E-state index in [0.29, 0.717) is 28.4 Å². The first-order chi connectivity index (χ1) is 11.1. The molecular formula is C17H13FN2O3. The molecule has 2 amide bonds. The fourth-order valence-electron chi connectivity index (χ4n) is 2.84. The Morgan fingerprint density at radius 3 is 2.48 bits per heavy atom. The monoisotopic (exact) mass is 312 g/mol. The second kappa shape index (κ2) is 4.87. The van der Waals surface area contributed by atoms with E-state index in [2.05, 4.69) is 4.98 Å². The van der Waals surface area contributed by atoms with Gasteiger partial charge in [0.05, 0.1) is 29.6 Å². The highest BCUT2D eigenvalue weighted by atomic mass is 19.1. The lowest BCUT2D eigenvalue weighted by Gasteiger charge is -2.13. The summed E-state index contributed by atoms with van der Waals surface area (Å²) in [4.78, 5) is 30.9. The van der Waals surface area contributed by atoms with Gasteiger partial charge in [0.1, 0.15) is 5.82 Å². The van der Waals surface area contributed by atoms with Crippen molar-refractivity contribution in [2.24, 2.45) is 0 Å². The number of hydrogen-bond donors (Lipinski definition) is 0. The van der Waals surface area contributed by atoms with E-state index in [1.165, 1.54) is 37.4 Å². The molecule has 1 fully saturated rings. The van der Waals surface area contributed by atoms with Crippen molar-refractivity contribution in [2.75, 3.05) is 12.0 Å². The number of benzene rings is 1. The van der Waals surface area contributed by atoms with Crippen LogP contribution in [0.2, 0.25) is 0 Å². The van der Waals surface area contributed by atoms with Crippen LogP contribution >= 0.6 is 0 Å². The highest BCUT2D eigenvalue weighted by Gasteiger charge is 2.43. The van der Waals surface area contributed by atoms with E-state index in [9.17, 15) is 14.0 Å². The fraction of sp³-hybridized carbons (Fsp3) is 0.235. The van der Waals surface area contributed by atoms with Crippen LogP contribution < -0.4 is 9.64 Å². The van der Waals surface area contributed by atoms with Crippen molar-refractivity contribution in [2.45, 2.75) is 18.8 Å². The van der Waals surface area contributed by atoms with Crippen molar-refractivity contribution >= 4 is 17.5 Å². The smallest absolute Gasteiger partial charge is 0.268 e. The van der Waals surface area contributed by atoms with Gasteiger partial charge in [-0.05, 0) is 37.1 Å². The Balaban J connectivity index is 1.85. The third-order valence-electron chi connectivity index (χ3n) is 4.13. The molecule has 116 valence electrons. The number of imide groups is 1. The lowest BCUT2D eigenvalue weighted by Crippen LogP contribution is -2.29. The van der Waals surface area contributed by atoms with Gasteiger partial charge in [-0.25, -0.2) is 14.3 Å². The zero-order valence-electron chi connectivity index (χ0n) is 12.4. The second-order valence-corrected chi connectivity index (χ2v) is 5.67. The molecule has 0 saturated heterocycles. The third kappa shape index (κ3) is 2.10. The molecule has 5 nitrogen and oxygen atoms in total. The molecule has 1 saturated carbocycles. The van der Waals surface area contributed by atoms with E-state index >= 15 is 0 Å². The van der Waals surface area contributed by atoms with Crippen molar-refractivity contribution in [3.63, 3.8) is 0 Å². The maximum atomic E-state index is 13.1. The van der Waals surface area contributed by atoms with E-state index in [4.69, 9.17) is 4.74 Å². The molecular weight excluding hydrogens is 299 g/mol. The van der Waals surface area contributed by atoms with E-state index in [1.807, 2.05) is 0 Å². The first kappa shape index (κ1) is 13.9. The van der Waals surface area contributed by atoms with E-state index < -0.39 is 17.6 Å². The summed E-state index contributed by atoms with van der Waals surface area (Å²) in [7, 11) is 1.48. The van der Waals surface area contributed by atoms with Crippen LogP contribution in [0.25, 0.3) is 0 Å². The Labute approximate surface area is 131 Å². The molecule has 23 heavy (non-hydrogen) atoms. The number of carbonyl (C=O) groups is 2. The number of methoxy groups -OCH3 is 1. The molecule has 0 radical (unpaired) electrons. The minimum Gasteiger partial charge on any atom is -0.481 e. The molecule has 4 rings (SSSR count). The maximum absolute atomic E-state index is 13.1. The molecule has 2 heterocycles. The lowest BCUT2D eigenvalue weighted by molar-refractivity contribution is 0.0925. The molecule has 1 aromatic carbocycles. The Kier molecular flexibility index (Phi) is 2.94. The van der Waals surface area contributed by atoms with Gasteiger partial charge in [0.2, 0.25) is 5.88 Å². The van der Waals surface area contributed by atoms with Gasteiger partial charge < -0.3 is 4.74 Å². The normalized spacial score (nSPS) is 16.7. The topological polar surface area (TPSA) is 59.5 Å². The summed E-state index contributed by atoms with van der Waals surface area (Å²) >= 11 is 0. The predicted octanol–water partition coefficient (Wildman–Crippen LogP) is 2.91. The van der Waals surface area contributed by atoms with Crippen molar-refractivity contribution in [3.8, 4) is 5.88 Å². The summed E-state index contributed by atoms with van der Waals surface area (Å²) in [6.45, 7) is 0. The minimum absolute atomic E-state index is 0.198. The number of pyridine rings is 1. The lowest BCUT2D eigenvalue weighted by atomic mass is 10.1. The molecule has 1 aliphatic carbocycles. The number of fused-ring (bicyclic) bond motifs is 1. The SMILES string of the molecule is COc1cc2c(c(C3CC3)n1)C(=O)N(c1ccc(F)cc1)C2=O. The van der Waals surface area contributed by atoms with Crippen molar-refractivity contribution < 1.29 is 18.7 Å². The highest BCUT2D eigenvalue weighted by molar-refractivity contribution is 6.34. The van der Waals surface area contributed by atoms with Crippen LogP contribution in [0.5, 0.6) is 5.88 Å². The number of hydrogen-bond acceptors (Lipinski definition) is 4. The Bertz CT molecular complexity index is 828.